The van der Waals surface area contributed by atoms with Gasteiger partial charge in [-0.1, -0.05) is 19.1 Å². The van der Waals surface area contributed by atoms with Crippen LogP contribution in [0.15, 0.2) is 33.5 Å². The fourth-order valence-corrected chi connectivity index (χ4v) is 4.14. The van der Waals surface area contributed by atoms with Gasteiger partial charge in [-0.05, 0) is 45.7 Å². The Kier molecular flexibility index (Phi) is 7.24. The minimum absolute atomic E-state index is 0.0430. The van der Waals surface area contributed by atoms with Crippen LogP contribution in [0.5, 0.6) is 5.75 Å². The van der Waals surface area contributed by atoms with E-state index in [2.05, 4.69) is 5.32 Å². The molecule has 1 atom stereocenters. The number of benzene rings is 1. The van der Waals surface area contributed by atoms with E-state index in [1.165, 1.54) is 31.6 Å². The highest BCUT2D eigenvalue weighted by Crippen LogP contribution is 2.32. The summed E-state index contributed by atoms with van der Waals surface area (Å²) in [6.45, 7) is 8.11. The molecule has 0 saturated heterocycles. The van der Waals surface area contributed by atoms with Gasteiger partial charge in [-0.15, -0.1) is 0 Å². The SMILES string of the molecule is CCOC(=O)c1c(NC(=O)C(CC)n2c(=O)cc(C)c3cccc(OC)c32)oc(C)c1C(C)=O. The number of pyridine rings is 1. The molecule has 1 aromatic carbocycles. The molecule has 0 radical (unpaired) electrons. The molecular weight excluding hydrogens is 440 g/mol. The maximum Gasteiger partial charge on any atom is 0.344 e. The average molecular weight is 469 g/mol. The third-order valence-electron chi connectivity index (χ3n) is 5.62. The Labute approximate surface area is 196 Å². The monoisotopic (exact) mass is 468 g/mol. The first-order valence-electron chi connectivity index (χ1n) is 11.0. The van der Waals surface area contributed by atoms with E-state index in [4.69, 9.17) is 13.9 Å². The molecule has 9 heteroatoms. The predicted molar refractivity (Wildman–Crippen MR) is 127 cm³/mol. The highest BCUT2D eigenvalue weighted by molar-refractivity contribution is 6.11. The molecule has 0 aliphatic heterocycles. The largest absolute Gasteiger partial charge is 0.495 e. The Bertz CT molecular complexity index is 1330. The number of aryl methyl sites for hydroxylation is 2. The summed E-state index contributed by atoms with van der Waals surface area (Å²) >= 11 is 0. The van der Waals surface area contributed by atoms with Gasteiger partial charge in [-0.25, -0.2) is 4.79 Å². The summed E-state index contributed by atoms with van der Waals surface area (Å²) in [7, 11) is 1.49. The van der Waals surface area contributed by atoms with Crippen molar-refractivity contribution in [1.82, 2.24) is 4.57 Å². The van der Waals surface area contributed by atoms with Gasteiger partial charge in [0.2, 0.25) is 11.8 Å². The van der Waals surface area contributed by atoms with Gasteiger partial charge in [0, 0.05) is 11.5 Å². The van der Waals surface area contributed by atoms with Crippen LogP contribution in [0.2, 0.25) is 0 Å². The van der Waals surface area contributed by atoms with Crippen molar-refractivity contribution in [3.05, 3.63) is 57.1 Å². The molecule has 2 aromatic heterocycles. The summed E-state index contributed by atoms with van der Waals surface area (Å²) in [5.74, 6) is -1.34. The second-order valence-electron chi connectivity index (χ2n) is 7.82. The molecule has 3 rings (SSSR count). The van der Waals surface area contributed by atoms with E-state index in [1.54, 1.807) is 19.9 Å². The lowest BCUT2D eigenvalue weighted by Gasteiger charge is -2.22. The minimum atomic E-state index is -0.951. The zero-order chi connectivity index (χ0) is 25.2. The van der Waals surface area contributed by atoms with Crippen molar-refractivity contribution in [3.63, 3.8) is 0 Å². The number of Topliss-reactive ketones (excluding diaryl/α,β-unsaturated/α-hetero) is 1. The molecule has 0 aliphatic rings. The Balaban J connectivity index is 2.15. The predicted octanol–water partition coefficient (Wildman–Crippen LogP) is 4.19. The summed E-state index contributed by atoms with van der Waals surface area (Å²) in [5, 5.41) is 3.37. The van der Waals surface area contributed by atoms with Crippen molar-refractivity contribution in [2.45, 2.75) is 47.1 Å². The standard InChI is InChI=1S/C25H28N2O7/c1-7-17(27-19(29)12-13(3)16-10-9-11-18(32-6)22(16)27)23(30)26-24-21(25(31)33-8-2)20(14(4)28)15(5)34-24/h9-12,17H,7-8H2,1-6H3,(H,26,30). The fraction of sp³-hybridized carbons (Fsp3) is 0.360. The molecule has 0 spiro atoms. The molecule has 34 heavy (non-hydrogen) atoms. The summed E-state index contributed by atoms with van der Waals surface area (Å²) < 4.78 is 17.5. The van der Waals surface area contributed by atoms with E-state index in [1.807, 2.05) is 19.1 Å². The number of carbonyl (C=O) groups is 3. The first-order chi connectivity index (χ1) is 16.2. The van der Waals surface area contributed by atoms with Crippen LogP contribution in [0.3, 0.4) is 0 Å². The molecule has 0 aliphatic carbocycles. The number of carbonyl (C=O) groups excluding carboxylic acids is 3. The Morgan fingerprint density at radius 1 is 1.15 bits per heavy atom. The number of nitrogens with zero attached hydrogens (tertiary/aromatic N) is 1. The van der Waals surface area contributed by atoms with Gasteiger partial charge in [0.15, 0.2) is 5.78 Å². The quantitative estimate of drug-likeness (QED) is 0.389. The van der Waals surface area contributed by atoms with Crippen LogP contribution in [0.4, 0.5) is 5.88 Å². The number of furan rings is 1. The Hall–Kier alpha value is -3.88. The van der Waals surface area contributed by atoms with Crippen LogP contribution in [0.1, 0.15) is 65.3 Å². The molecule has 1 N–H and O–H groups in total. The molecule has 9 nitrogen and oxygen atoms in total. The van der Waals surface area contributed by atoms with Gasteiger partial charge in [-0.2, -0.15) is 0 Å². The van der Waals surface area contributed by atoms with Crippen LogP contribution >= 0.6 is 0 Å². The molecular formula is C25H28N2O7. The zero-order valence-electron chi connectivity index (χ0n) is 20.1. The number of anilines is 1. The Morgan fingerprint density at radius 3 is 2.44 bits per heavy atom. The van der Waals surface area contributed by atoms with Crippen LogP contribution in [0.25, 0.3) is 10.9 Å². The number of methoxy groups -OCH3 is 1. The molecule has 3 aromatic rings. The number of rotatable bonds is 8. The molecule has 0 bridgehead atoms. The van der Waals surface area contributed by atoms with Crippen molar-refractivity contribution in [2.24, 2.45) is 0 Å². The number of hydrogen-bond donors (Lipinski definition) is 1. The highest BCUT2D eigenvalue weighted by atomic mass is 16.5. The number of amides is 1. The molecule has 1 amide bonds. The van der Waals surface area contributed by atoms with Crippen molar-refractivity contribution >= 4 is 34.4 Å². The molecule has 2 heterocycles. The van der Waals surface area contributed by atoms with Gasteiger partial charge in [0.05, 0.1) is 24.8 Å². The molecule has 0 fully saturated rings. The van der Waals surface area contributed by atoms with Gasteiger partial charge in [0.1, 0.15) is 23.1 Å². The zero-order valence-corrected chi connectivity index (χ0v) is 20.1. The summed E-state index contributed by atoms with van der Waals surface area (Å²) in [4.78, 5) is 51.3. The maximum atomic E-state index is 13.4. The van der Waals surface area contributed by atoms with Gasteiger partial charge in [-0.3, -0.25) is 24.3 Å². The molecule has 180 valence electrons. The molecule has 1 unspecified atom stereocenters. The first kappa shape index (κ1) is 24.8. The third-order valence-corrected chi connectivity index (χ3v) is 5.62. The van der Waals surface area contributed by atoms with Gasteiger partial charge >= 0.3 is 5.97 Å². The number of nitrogens with one attached hydrogen (secondary N) is 1. The van der Waals surface area contributed by atoms with E-state index >= 15 is 0 Å². The lowest BCUT2D eigenvalue weighted by atomic mass is 10.1. The highest BCUT2D eigenvalue weighted by Gasteiger charge is 2.31. The number of fused-ring (bicyclic) bond motifs is 1. The minimum Gasteiger partial charge on any atom is -0.495 e. The van der Waals surface area contributed by atoms with Gasteiger partial charge < -0.3 is 13.9 Å². The Morgan fingerprint density at radius 2 is 1.85 bits per heavy atom. The van der Waals surface area contributed by atoms with E-state index in [0.717, 1.165) is 10.9 Å². The number of ether oxygens (including phenoxy) is 2. The van der Waals surface area contributed by atoms with Crippen LogP contribution in [-0.2, 0) is 9.53 Å². The second kappa shape index (κ2) is 9.94. The average Bonchev–Trinajstić information content (AvgIpc) is 3.11. The lowest BCUT2D eigenvalue weighted by Crippen LogP contribution is -2.33. The van der Waals surface area contributed by atoms with E-state index < -0.39 is 23.7 Å². The van der Waals surface area contributed by atoms with Crippen molar-refractivity contribution < 1.29 is 28.3 Å². The summed E-state index contributed by atoms with van der Waals surface area (Å²) in [6, 6.07) is 5.89. The van der Waals surface area contributed by atoms with E-state index in [0.29, 0.717) is 11.3 Å². The normalized spacial score (nSPS) is 11.8. The number of ketones is 1. The van der Waals surface area contributed by atoms with Gasteiger partial charge in [0.25, 0.3) is 5.56 Å². The van der Waals surface area contributed by atoms with Crippen molar-refractivity contribution in [2.75, 3.05) is 19.0 Å². The van der Waals surface area contributed by atoms with Crippen molar-refractivity contribution in [1.29, 1.82) is 0 Å². The topological polar surface area (TPSA) is 117 Å². The fourth-order valence-electron chi connectivity index (χ4n) is 4.14. The summed E-state index contributed by atoms with van der Waals surface area (Å²) in [6.07, 6.45) is 0.260. The number of aromatic nitrogens is 1. The maximum absolute atomic E-state index is 13.4. The smallest absolute Gasteiger partial charge is 0.344 e. The summed E-state index contributed by atoms with van der Waals surface area (Å²) in [5.41, 5.74) is 0.766. The molecule has 0 saturated carbocycles. The number of para-hydroxylation sites is 1. The van der Waals surface area contributed by atoms with Crippen LogP contribution in [-0.4, -0.2) is 35.9 Å². The first-order valence-corrected chi connectivity index (χ1v) is 11.0. The van der Waals surface area contributed by atoms with Crippen molar-refractivity contribution in [3.8, 4) is 5.75 Å². The van der Waals surface area contributed by atoms with Crippen LogP contribution < -0.4 is 15.6 Å². The third kappa shape index (κ3) is 4.33. The van der Waals surface area contributed by atoms with E-state index in [9.17, 15) is 19.2 Å². The van der Waals surface area contributed by atoms with E-state index in [-0.39, 0.29) is 41.4 Å². The second-order valence-corrected chi connectivity index (χ2v) is 7.82. The number of esters is 1. The lowest BCUT2D eigenvalue weighted by molar-refractivity contribution is -0.119. The number of hydrogen-bond acceptors (Lipinski definition) is 7. The van der Waals surface area contributed by atoms with Crippen LogP contribution in [0, 0.1) is 13.8 Å².